The molecular formula is C21H23F2NO3. The molecule has 0 saturated carbocycles. The van der Waals surface area contributed by atoms with Crippen LogP contribution in [0.2, 0.25) is 0 Å². The monoisotopic (exact) mass is 375 g/mol. The van der Waals surface area contributed by atoms with Gasteiger partial charge in [-0.05, 0) is 28.7 Å². The number of rotatable bonds is 5. The van der Waals surface area contributed by atoms with E-state index in [0.29, 0.717) is 6.07 Å². The summed E-state index contributed by atoms with van der Waals surface area (Å²) in [4.78, 5) is 24.4. The second kappa shape index (κ2) is 8.29. The van der Waals surface area contributed by atoms with Crippen LogP contribution in [0.5, 0.6) is 0 Å². The maximum absolute atomic E-state index is 13.3. The zero-order chi connectivity index (χ0) is 20.2. The predicted octanol–water partition coefficient (Wildman–Crippen LogP) is 3.78. The van der Waals surface area contributed by atoms with E-state index in [1.54, 1.807) is 0 Å². The molecule has 0 aliphatic heterocycles. The third kappa shape index (κ3) is 5.61. The van der Waals surface area contributed by atoms with E-state index in [1.165, 1.54) is 7.11 Å². The van der Waals surface area contributed by atoms with E-state index in [2.05, 4.69) is 26.1 Å². The Balaban J connectivity index is 2.18. The molecule has 0 bridgehead atoms. The second-order valence-electron chi connectivity index (χ2n) is 7.36. The van der Waals surface area contributed by atoms with Crippen LogP contribution in [-0.4, -0.2) is 25.0 Å². The molecule has 144 valence electrons. The van der Waals surface area contributed by atoms with Gasteiger partial charge in [0.25, 0.3) is 5.91 Å². The number of hydrogen-bond donors (Lipinski definition) is 1. The van der Waals surface area contributed by atoms with Gasteiger partial charge in [-0.25, -0.2) is 13.6 Å². The summed E-state index contributed by atoms with van der Waals surface area (Å²) < 4.78 is 31.4. The molecule has 27 heavy (non-hydrogen) atoms. The number of halogens is 2. The molecule has 1 amide bonds. The van der Waals surface area contributed by atoms with Crippen LogP contribution in [0.1, 0.15) is 42.3 Å². The number of ether oxygens (including phenoxy) is 1. The van der Waals surface area contributed by atoms with Gasteiger partial charge in [-0.15, -0.1) is 0 Å². The predicted molar refractivity (Wildman–Crippen MR) is 98.5 cm³/mol. The number of hydrogen-bond acceptors (Lipinski definition) is 3. The average molecular weight is 375 g/mol. The first-order valence-corrected chi connectivity index (χ1v) is 8.54. The number of esters is 1. The highest BCUT2D eigenvalue weighted by molar-refractivity contribution is 5.96. The molecule has 2 aromatic carbocycles. The van der Waals surface area contributed by atoms with Crippen LogP contribution in [0.25, 0.3) is 0 Å². The fourth-order valence-electron chi connectivity index (χ4n) is 2.64. The fourth-order valence-corrected chi connectivity index (χ4v) is 2.64. The highest BCUT2D eigenvalue weighted by Crippen LogP contribution is 2.22. The number of benzene rings is 2. The van der Waals surface area contributed by atoms with E-state index in [9.17, 15) is 18.4 Å². The molecule has 0 radical (unpaired) electrons. The van der Waals surface area contributed by atoms with Crippen LogP contribution in [0, 0.1) is 11.6 Å². The molecule has 0 fully saturated rings. The van der Waals surface area contributed by atoms with Crippen LogP contribution in [0.15, 0.2) is 42.5 Å². The Morgan fingerprint density at radius 2 is 1.59 bits per heavy atom. The summed E-state index contributed by atoms with van der Waals surface area (Å²) in [6.45, 7) is 6.28. The van der Waals surface area contributed by atoms with Crippen LogP contribution in [0.4, 0.5) is 8.78 Å². The van der Waals surface area contributed by atoms with Crippen LogP contribution in [-0.2, 0) is 21.4 Å². The Bertz CT molecular complexity index is 806. The van der Waals surface area contributed by atoms with E-state index in [0.717, 1.165) is 23.3 Å². The second-order valence-corrected chi connectivity index (χ2v) is 7.36. The zero-order valence-electron chi connectivity index (χ0n) is 15.8. The molecule has 0 heterocycles. The molecular weight excluding hydrogens is 352 g/mol. The fraction of sp³-hybridized carbons (Fsp3) is 0.333. The lowest BCUT2D eigenvalue weighted by atomic mass is 9.86. The first kappa shape index (κ1) is 20.6. The van der Waals surface area contributed by atoms with Crippen molar-refractivity contribution >= 4 is 11.9 Å². The number of methoxy groups -OCH3 is 1. The number of carbonyl (C=O) groups is 2. The van der Waals surface area contributed by atoms with Crippen molar-refractivity contribution in [2.45, 2.75) is 38.6 Å². The molecule has 1 atom stereocenters. The smallest absolute Gasteiger partial charge is 0.328 e. The van der Waals surface area contributed by atoms with E-state index < -0.39 is 29.6 Å². The van der Waals surface area contributed by atoms with E-state index >= 15 is 0 Å². The van der Waals surface area contributed by atoms with Crippen molar-refractivity contribution in [2.75, 3.05) is 7.11 Å². The van der Waals surface area contributed by atoms with Crippen molar-refractivity contribution in [1.82, 2.24) is 5.32 Å². The van der Waals surface area contributed by atoms with Crippen LogP contribution < -0.4 is 5.32 Å². The summed E-state index contributed by atoms with van der Waals surface area (Å²) in [6.07, 6.45) is 0.195. The molecule has 2 rings (SSSR count). The van der Waals surface area contributed by atoms with Crippen molar-refractivity contribution in [1.29, 1.82) is 0 Å². The van der Waals surface area contributed by atoms with Crippen molar-refractivity contribution in [3.05, 3.63) is 70.8 Å². The first-order valence-electron chi connectivity index (χ1n) is 8.54. The first-order chi connectivity index (χ1) is 12.6. The highest BCUT2D eigenvalue weighted by Gasteiger charge is 2.23. The SMILES string of the molecule is COC(=O)[C@@H](Cc1ccc(C(C)(C)C)cc1)NC(=O)c1cc(F)cc(F)c1. The van der Waals surface area contributed by atoms with Gasteiger partial charge in [0.15, 0.2) is 0 Å². The number of amides is 1. The summed E-state index contributed by atoms with van der Waals surface area (Å²) >= 11 is 0. The van der Waals surface area contributed by atoms with Gasteiger partial charge in [0.05, 0.1) is 7.11 Å². The Morgan fingerprint density at radius 3 is 2.07 bits per heavy atom. The molecule has 0 spiro atoms. The minimum Gasteiger partial charge on any atom is -0.467 e. The van der Waals surface area contributed by atoms with Gasteiger partial charge in [0.2, 0.25) is 0 Å². The van der Waals surface area contributed by atoms with Crippen LogP contribution in [0.3, 0.4) is 0 Å². The standard InChI is InChI=1S/C21H23F2NO3/c1-21(2,3)15-7-5-13(6-8-15)9-18(20(26)27-4)24-19(25)14-10-16(22)12-17(23)11-14/h5-8,10-12,18H,9H2,1-4H3,(H,24,25)/t18-/m1/s1. The third-order valence-corrected chi connectivity index (χ3v) is 4.18. The summed E-state index contributed by atoms with van der Waals surface area (Å²) in [5.41, 5.74) is 1.75. The molecule has 0 aliphatic rings. The van der Waals surface area contributed by atoms with E-state index in [-0.39, 0.29) is 17.4 Å². The molecule has 0 aromatic heterocycles. The van der Waals surface area contributed by atoms with E-state index in [1.807, 2.05) is 24.3 Å². The Hall–Kier alpha value is -2.76. The molecule has 4 nitrogen and oxygen atoms in total. The normalized spacial score (nSPS) is 12.4. The minimum atomic E-state index is -0.977. The summed E-state index contributed by atoms with van der Waals surface area (Å²) in [5, 5.41) is 2.48. The molecule has 0 saturated heterocycles. The highest BCUT2D eigenvalue weighted by atomic mass is 19.1. The molecule has 0 unspecified atom stereocenters. The van der Waals surface area contributed by atoms with Gasteiger partial charge in [0, 0.05) is 18.1 Å². The minimum absolute atomic E-state index is 0.00402. The maximum Gasteiger partial charge on any atom is 0.328 e. The lowest BCUT2D eigenvalue weighted by Crippen LogP contribution is -2.43. The number of carbonyl (C=O) groups excluding carboxylic acids is 2. The van der Waals surface area contributed by atoms with Gasteiger partial charge in [-0.2, -0.15) is 0 Å². The van der Waals surface area contributed by atoms with Crippen molar-refractivity contribution < 1.29 is 23.1 Å². The molecule has 1 N–H and O–H groups in total. The maximum atomic E-state index is 13.3. The summed E-state index contributed by atoms with van der Waals surface area (Å²) in [6, 6.07) is 9.20. The summed E-state index contributed by atoms with van der Waals surface area (Å²) in [5.74, 6) is -3.13. The van der Waals surface area contributed by atoms with Crippen molar-refractivity contribution in [3.8, 4) is 0 Å². The third-order valence-electron chi connectivity index (χ3n) is 4.18. The lowest BCUT2D eigenvalue weighted by Gasteiger charge is -2.20. The average Bonchev–Trinajstić information content (AvgIpc) is 2.59. The van der Waals surface area contributed by atoms with Gasteiger partial charge in [0.1, 0.15) is 17.7 Å². The molecule has 6 heteroatoms. The van der Waals surface area contributed by atoms with Crippen molar-refractivity contribution in [3.63, 3.8) is 0 Å². The van der Waals surface area contributed by atoms with Crippen LogP contribution >= 0.6 is 0 Å². The quantitative estimate of drug-likeness (QED) is 0.810. The summed E-state index contributed by atoms with van der Waals surface area (Å²) in [7, 11) is 1.21. The van der Waals surface area contributed by atoms with Crippen molar-refractivity contribution in [2.24, 2.45) is 0 Å². The number of nitrogens with one attached hydrogen (secondary N) is 1. The van der Waals surface area contributed by atoms with Gasteiger partial charge in [-0.1, -0.05) is 45.0 Å². The Kier molecular flexibility index (Phi) is 6.31. The van der Waals surface area contributed by atoms with Gasteiger partial charge >= 0.3 is 5.97 Å². The van der Waals surface area contributed by atoms with Gasteiger partial charge in [-0.3, -0.25) is 4.79 Å². The molecule has 0 aliphatic carbocycles. The topological polar surface area (TPSA) is 55.4 Å². The largest absolute Gasteiger partial charge is 0.467 e. The zero-order valence-corrected chi connectivity index (χ0v) is 15.8. The Labute approximate surface area is 157 Å². The van der Waals surface area contributed by atoms with E-state index in [4.69, 9.17) is 4.74 Å². The van der Waals surface area contributed by atoms with Gasteiger partial charge < -0.3 is 10.1 Å². The lowest BCUT2D eigenvalue weighted by molar-refractivity contribution is -0.142. The Morgan fingerprint density at radius 1 is 1.04 bits per heavy atom. The molecule has 2 aromatic rings.